The molecule has 0 aromatic heterocycles. The summed E-state index contributed by atoms with van der Waals surface area (Å²) in [5.41, 5.74) is -1.43. The average Bonchev–Trinajstić information content (AvgIpc) is 2.42. The third-order valence-electron chi connectivity index (χ3n) is 7.51. The number of carbonyl (C=O) groups is 1. The number of carboxylic acid groups (broad SMARTS) is 1. The summed E-state index contributed by atoms with van der Waals surface area (Å²) in [7, 11) is 0. The molecule has 0 heterocycles. The maximum atomic E-state index is 12.0. The highest BCUT2D eigenvalue weighted by Gasteiger charge is 2.66. The monoisotopic (exact) mass is 308 g/mol. The quantitative estimate of drug-likeness (QED) is 0.772. The molecule has 22 heavy (non-hydrogen) atoms. The fourth-order valence-corrected chi connectivity index (χ4v) is 6.77. The second-order valence-electron chi connectivity index (χ2n) is 8.87. The maximum Gasteiger partial charge on any atom is 0.309 e. The van der Waals surface area contributed by atoms with E-state index in [9.17, 15) is 15.0 Å². The molecule has 126 valence electrons. The van der Waals surface area contributed by atoms with Crippen molar-refractivity contribution < 1.29 is 15.0 Å². The zero-order valence-corrected chi connectivity index (χ0v) is 14.4. The van der Waals surface area contributed by atoms with Crippen LogP contribution in [0.3, 0.4) is 0 Å². The lowest BCUT2D eigenvalue weighted by atomic mass is 9.39. The van der Waals surface area contributed by atoms with Crippen LogP contribution in [0.2, 0.25) is 0 Å². The Morgan fingerprint density at radius 1 is 1.23 bits per heavy atom. The number of hydrogen-bond donors (Lipinski definition) is 2. The van der Waals surface area contributed by atoms with Crippen molar-refractivity contribution in [2.24, 2.45) is 28.6 Å². The van der Waals surface area contributed by atoms with Crippen molar-refractivity contribution in [2.45, 2.75) is 84.2 Å². The molecule has 3 heteroatoms. The molecule has 0 radical (unpaired) electrons. The second-order valence-corrected chi connectivity index (χ2v) is 8.87. The van der Waals surface area contributed by atoms with E-state index in [4.69, 9.17) is 0 Å². The van der Waals surface area contributed by atoms with Crippen LogP contribution in [0.5, 0.6) is 0 Å². The van der Waals surface area contributed by atoms with Crippen molar-refractivity contribution in [3.05, 3.63) is 0 Å². The van der Waals surface area contributed by atoms with Crippen molar-refractivity contribution in [3.8, 4) is 0 Å². The van der Waals surface area contributed by atoms with Gasteiger partial charge in [0, 0.05) is 5.41 Å². The van der Waals surface area contributed by atoms with Gasteiger partial charge in [0.15, 0.2) is 0 Å². The van der Waals surface area contributed by atoms with Gasteiger partial charge in [-0.1, -0.05) is 26.7 Å². The molecule has 4 fully saturated rings. The van der Waals surface area contributed by atoms with Gasteiger partial charge in [-0.2, -0.15) is 0 Å². The molecule has 0 spiro atoms. The SMILES string of the molecule is CCCC(CC)C(C)(O)C12CC3CC(CC(C(=O)O)(C3)C1)C2. The Labute approximate surface area is 134 Å². The van der Waals surface area contributed by atoms with E-state index < -0.39 is 17.0 Å². The molecule has 4 rings (SSSR count). The first kappa shape index (κ1) is 16.3. The first-order chi connectivity index (χ1) is 10.3. The molecule has 4 aliphatic carbocycles. The van der Waals surface area contributed by atoms with Crippen molar-refractivity contribution in [1.82, 2.24) is 0 Å². The summed E-state index contributed by atoms with van der Waals surface area (Å²) >= 11 is 0. The molecule has 2 N–H and O–H groups in total. The fraction of sp³-hybridized carbons (Fsp3) is 0.947. The zero-order chi connectivity index (χ0) is 16.2. The van der Waals surface area contributed by atoms with Crippen LogP contribution in [0.4, 0.5) is 0 Å². The zero-order valence-electron chi connectivity index (χ0n) is 14.4. The summed E-state index contributed by atoms with van der Waals surface area (Å²) in [5.74, 6) is 0.718. The van der Waals surface area contributed by atoms with Gasteiger partial charge >= 0.3 is 5.97 Å². The van der Waals surface area contributed by atoms with E-state index in [0.717, 1.165) is 44.9 Å². The number of rotatable bonds is 6. The Morgan fingerprint density at radius 3 is 2.27 bits per heavy atom. The van der Waals surface area contributed by atoms with Gasteiger partial charge < -0.3 is 10.2 Å². The molecular weight excluding hydrogens is 276 g/mol. The summed E-state index contributed by atoms with van der Waals surface area (Å²) in [5, 5.41) is 21.5. The van der Waals surface area contributed by atoms with Crippen LogP contribution in [-0.4, -0.2) is 21.8 Å². The summed E-state index contributed by atoms with van der Waals surface area (Å²) in [6.07, 6.45) is 8.80. The van der Waals surface area contributed by atoms with Crippen molar-refractivity contribution >= 4 is 5.97 Å². The maximum absolute atomic E-state index is 12.0. The van der Waals surface area contributed by atoms with Crippen LogP contribution in [0.25, 0.3) is 0 Å². The number of hydrogen-bond acceptors (Lipinski definition) is 2. The molecule has 4 unspecified atom stereocenters. The Hall–Kier alpha value is -0.570. The first-order valence-corrected chi connectivity index (χ1v) is 9.24. The van der Waals surface area contributed by atoms with Gasteiger partial charge in [-0.25, -0.2) is 0 Å². The first-order valence-electron chi connectivity index (χ1n) is 9.24. The van der Waals surface area contributed by atoms with Crippen LogP contribution >= 0.6 is 0 Å². The molecule has 0 amide bonds. The average molecular weight is 308 g/mol. The largest absolute Gasteiger partial charge is 0.481 e. The van der Waals surface area contributed by atoms with Crippen LogP contribution in [0.1, 0.15) is 78.6 Å². The fourth-order valence-electron chi connectivity index (χ4n) is 6.77. The highest BCUT2D eigenvalue weighted by atomic mass is 16.4. The highest BCUT2D eigenvalue weighted by Crippen LogP contribution is 2.69. The Morgan fingerprint density at radius 2 is 1.82 bits per heavy atom. The summed E-state index contributed by atoms with van der Waals surface area (Å²) in [4.78, 5) is 12.0. The van der Waals surface area contributed by atoms with Crippen LogP contribution in [0, 0.1) is 28.6 Å². The standard InChI is InChI=1S/C19H32O3/c1-4-6-15(5-2)17(3,22)19-10-13-7-14(11-19)9-18(8-13,12-19)16(20)21/h13-15,22H,4-12H2,1-3H3,(H,20,21). The van der Waals surface area contributed by atoms with E-state index in [1.807, 2.05) is 6.92 Å². The Bertz CT molecular complexity index is 440. The lowest BCUT2D eigenvalue weighted by molar-refractivity contribution is -0.225. The normalized spacial score (nSPS) is 43.8. The summed E-state index contributed by atoms with van der Waals surface area (Å²) in [6, 6.07) is 0. The van der Waals surface area contributed by atoms with Crippen LogP contribution in [-0.2, 0) is 4.79 Å². The smallest absolute Gasteiger partial charge is 0.309 e. The van der Waals surface area contributed by atoms with Gasteiger partial charge in [-0.15, -0.1) is 0 Å². The predicted molar refractivity (Wildman–Crippen MR) is 86.5 cm³/mol. The molecule has 4 bridgehead atoms. The Kier molecular flexibility index (Phi) is 3.87. The molecule has 0 saturated heterocycles. The van der Waals surface area contributed by atoms with Gasteiger partial charge in [0.1, 0.15) is 0 Å². The van der Waals surface area contributed by atoms with E-state index in [0.29, 0.717) is 24.2 Å². The lowest BCUT2D eigenvalue weighted by Gasteiger charge is -2.65. The molecule has 4 atom stereocenters. The minimum atomic E-state index is -0.726. The lowest BCUT2D eigenvalue weighted by Crippen LogP contribution is -2.64. The van der Waals surface area contributed by atoms with Gasteiger partial charge in [0.05, 0.1) is 11.0 Å². The molecule has 4 saturated carbocycles. The third-order valence-corrected chi connectivity index (χ3v) is 7.51. The molecule has 0 aromatic rings. The van der Waals surface area contributed by atoms with Crippen LogP contribution in [0.15, 0.2) is 0 Å². The molecule has 0 aliphatic heterocycles. The minimum Gasteiger partial charge on any atom is -0.481 e. The van der Waals surface area contributed by atoms with E-state index in [1.54, 1.807) is 0 Å². The molecule has 0 aromatic carbocycles. The molecule has 3 nitrogen and oxygen atoms in total. The number of carboxylic acids is 1. The molecular formula is C19H32O3. The summed E-state index contributed by atoms with van der Waals surface area (Å²) in [6.45, 7) is 6.37. The van der Waals surface area contributed by atoms with Gasteiger partial charge in [0.25, 0.3) is 0 Å². The number of aliphatic carboxylic acids is 1. The molecule has 4 aliphatic rings. The topological polar surface area (TPSA) is 57.5 Å². The van der Waals surface area contributed by atoms with E-state index >= 15 is 0 Å². The Balaban J connectivity index is 1.97. The summed E-state index contributed by atoms with van der Waals surface area (Å²) < 4.78 is 0. The van der Waals surface area contributed by atoms with Gasteiger partial charge in [-0.05, 0) is 69.6 Å². The van der Waals surface area contributed by atoms with Gasteiger partial charge in [0.2, 0.25) is 0 Å². The third kappa shape index (κ3) is 2.15. The van der Waals surface area contributed by atoms with Gasteiger partial charge in [-0.3, -0.25) is 4.79 Å². The minimum absolute atomic E-state index is 0.161. The van der Waals surface area contributed by atoms with E-state index in [1.165, 1.54) is 6.42 Å². The number of aliphatic hydroxyl groups is 1. The predicted octanol–water partition coefficient (Wildman–Crippen LogP) is 4.23. The van der Waals surface area contributed by atoms with Crippen LogP contribution < -0.4 is 0 Å². The highest BCUT2D eigenvalue weighted by molar-refractivity contribution is 5.75. The second kappa shape index (κ2) is 5.22. The van der Waals surface area contributed by atoms with E-state index in [-0.39, 0.29) is 5.41 Å². The van der Waals surface area contributed by atoms with Crippen molar-refractivity contribution in [3.63, 3.8) is 0 Å². The van der Waals surface area contributed by atoms with Crippen molar-refractivity contribution in [2.75, 3.05) is 0 Å². The van der Waals surface area contributed by atoms with Crippen molar-refractivity contribution in [1.29, 1.82) is 0 Å². The van der Waals surface area contributed by atoms with E-state index in [2.05, 4.69) is 13.8 Å².